The Morgan fingerprint density at radius 2 is 1.74 bits per heavy atom. The van der Waals surface area contributed by atoms with E-state index in [1.54, 1.807) is 36.4 Å². The summed E-state index contributed by atoms with van der Waals surface area (Å²) in [6, 6.07) is 11.5. The molecule has 8 nitrogen and oxygen atoms in total. The summed E-state index contributed by atoms with van der Waals surface area (Å²) in [5.41, 5.74) is 1.87. The molecule has 1 heterocycles. The van der Waals surface area contributed by atoms with Gasteiger partial charge in [0, 0.05) is 11.8 Å². The van der Waals surface area contributed by atoms with Gasteiger partial charge >= 0.3 is 5.97 Å². The van der Waals surface area contributed by atoms with E-state index in [1.807, 2.05) is 0 Å². The monoisotopic (exact) mass is 440 g/mol. The second-order valence-corrected chi connectivity index (χ2v) is 8.91. The molecule has 0 atom stereocenters. The molecular formula is C22H20N2O6S. The number of benzene rings is 2. The zero-order valence-corrected chi connectivity index (χ0v) is 17.8. The van der Waals surface area contributed by atoms with Crippen molar-refractivity contribution in [1.29, 1.82) is 0 Å². The van der Waals surface area contributed by atoms with Crippen LogP contribution in [0.5, 0.6) is 0 Å². The number of carbonyl (C=O) groups is 3. The van der Waals surface area contributed by atoms with E-state index in [2.05, 4.69) is 23.2 Å². The van der Waals surface area contributed by atoms with Crippen LogP contribution >= 0.6 is 0 Å². The van der Waals surface area contributed by atoms with Gasteiger partial charge < -0.3 is 10.1 Å². The number of amides is 2. The molecule has 0 saturated heterocycles. The van der Waals surface area contributed by atoms with E-state index in [4.69, 9.17) is 0 Å². The van der Waals surface area contributed by atoms with E-state index in [0.717, 1.165) is 13.4 Å². The lowest BCUT2D eigenvalue weighted by atomic mass is 9.97. The largest absolute Gasteiger partial charge is 0.464 e. The first-order valence-corrected chi connectivity index (χ1v) is 11.0. The maximum Gasteiger partial charge on any atom is 0.353 e. The smallest absolute Gasteiger partial charge is 0.353 e. The fourth-order valence-electron chi connectivity index (χ4n) is 3.22. The van der Waals surface area contributed by atoms with Gasteiger partial charge in [0.25, 0.3) is 11.8 Å². The molecule has 0 aliphatic carbocycles. The van der Waals surface area contributed by atoms with Crippen molar-refractivity contribution in [2.45, 2.75) is 11.4 Å². The van der Waals surface area contributed by atoms with Gasteiger partial charge in [0.2, 0.25) is 0 Å². The van der Waals surface area contributed by atoms with E-state index < -0.39 is 27.6 Å². The third-order valence-electron chi connectivity index (χ3n) is 4.83. The van der Waals surface area contributed by atoms with Crippen LogP contribution in [0.1, 0.15) is 15.9 Å². The molecular weight excluding hydrogens is 420 g/mol. The number of nitrogens with zero attached hydrogens (tertiary/aromatic N) is 1. The predicted molar refractivity (Wildman–Crippen MR) is 113 cm³/mol. The molecule has 31 heavy (non-hydrogen) atoms. The fraction of sp³-hybridized carbons (Fsp3) is 0.136. The Kier molecular flexibility index (Phi) is 5.81. The molecule has 0 bridgehead atoms. The maximum absolute atomic E-state index is 12.9. The molecule has 0 saturated carbocycles. The molecule has 2 aromatic rings. The molecule has 9 heteroatoms. The first-order chi connectivity index (χ1) is 14.5. The molecule has 0 aromatic heterocycles. The van der Waals surface area contributed by atoms with Gasteiger partial charge in [-0.15, -0.1) is 0 Å². The Morgan fingerprint density at radius 1 is 1.10 bits per heavy atom. The van der Waals surface area contributed by atoms with Crippen molar-refractivity contribution >= 4 is 27.6 Å². The zero-order valence-electron chi connectivity index (χ0n) is 17.0. The minimum Gasteiger partial charge on any atom is -0.464 e. The number of esters is 1. The summed E-state index contributed by atoms with van der Waals surface area (Å²) < 4.78 is 28.3. The number of methoxy groups -OCH3 is 1. The molecule has 0 fully saturated rings. The van der Waals surface area contributed by atoms with E-state index >= 15 is 0 Å². The summed E-state index contributed by atoms with van der Waals surface area (Å²) in [7, 11) is -2.26. The van der Waals surface area contributed by atoms with Crippen LogP contribution in [-0.4, -0.2) is 44.5 Å². The highest BCUT2D eigenvalue weighted by atomic mass is 32.2. The average Bonchev–Trinajstić information content (AvgIpc) is 3.08. The Morgan fingerprint density at radius 3 is 2.39 bits per heavy atom. The highest BCUT2D eigenvalue weighted by Gasteiger charge is 2.33. The third kappa shape index (κ3) is 4.26. The van der Waals surface area contributed by atoms with Gasteiger partial charge in [0.1, 0.15) is 11.4 Å². The standard InChI is InChI=1S/C22H20N2O6S/c1-13(22(27)30-3)23-20(25)14(2)24-12-19-17(9-6-10-18(19)21(24)26)15-7-5-8-16(11-15)31(4,28)29/h5-11H,1-2,12H2,3-4H3,(H,23,25). The van der Waals surface area contributed by atoms with Crippen LogP contribution in [0.25, 0.3) is 11.1 Å². The van der Waals surface area contributed by atoms with Crippen LogP contribution in [0.3, 0.4) is 0 Å². The molecule has 0 unspecified atom stereocenters. The van der Waals surface area contributed by atoms with Gasteiger partial charge in [-0.1, -0.05) is 37.4 Å². The van der Waals surface area contributed by atoms with Gasteiger partial charge in [-0.3, -0.25) is 14.5 Å². The predicted octanol–water partition coefficient (Wildman–Crippen LogP) is 2.03. The number of carbonyl (C=O) groups excluding carboxylic acids is 3. The summed E-state index contributed by atoms with van der Waals surface area (Å²) in [5, 5.41) is 2.26. The van der Waals surface area contributed by atoms with Crippen molar-refractivity contribution < 1.29 is 27.5 Å². The lowest BCUT2D eigenvalue weighted by Gasteiger charge is -2.18. The number of nitrogens with one attached hydrogen (secondary N) is 1. The van der Waals surface area contributed by atoms with Crippen LogP contribution in [0.2, 0.25) is 0 Å². The molecule has 1 aliphatic rings. The van der Waals surface area contributed by atoms with Crippen LogP contribution < -0.4 is 5.32 Å². The molecule has 160 valence electrons. The number of sulfone groups is 1. The Balaban J connectivity index is 1.92. The van der Waals surface area contributed by atoms with Gasteiger partial charge in [-0.25, -0.2) is 13.2 Å². The zero-order chi connectivity index (χ0) is 22.9. The van der Waals surface area contributed by atoms with Crippen molar-refractivity contribution in [2.24, 2.45) is 0 Å². The second-order valence-electron chi connectivity index (χ2n) is 6.89. The van der Waals surface area contributed by atoms with Crippen molar-refractivity contribution in [3.05, 3.63) is 78.1 Å². The van der Waals surface area contributed by atoms with Gasteiger partial charge in [0.05, 0.1) is 18.6 Å². The molecule has 2 amide bonds. The van der Waals surface area contributed by atoms with E-state index in [1.165, 1.54) is 11.0 Å². The first-order valence-electron chi connectivity index (χ1n) is 9.06. The summed E-state index contributed by atoms with van der Waals surface area (Å²) in [6.45, 7) is 7.15. The van der Waals surface area contributed by atoms with Crippen molar-refractivity contribution in [1.82, 2.24) is 10.2 Å². The molecule has 1 N–H and O–H groups in total. The Bertz CT molecular complexity index is 1250. The summed E-state index contributed by atoms with van der Waals surface area (Å²) >= 11 is 0. The number of hydrogen-bond donors (Lipinski definition) is 1. The highest BCUT2D eigenvalue weighted by Crippen LogP contribution is 2.34. The maximum atomic E-state index is 12.9. The van der Waals surface area contributed by atoms with Crippen LogP contribution in [0.4, 0.5) is 0 Å². The van der Waals surface area contributed by atoms with Gasteiger partial charge in [0.15, 0.2) is 9.84 Å². The van der Waals surface area contributed by atoms with Gasteiger partial charge in [-0.2, -0.15) is 0 Å². The topological polar surface area (TPSA) is 110 Å². The second kappa shape index (κ2) is 8.19. The lowest BCUT2D eigenvalue weighted by molar-refractivity contribution is -0.137. The lowest BCUT2D eigenvalue weighted by Crippen LogP contribution is -2.36. The Hall–Kier alpha value is -3.72. The molecule has 2 aromatic carbocycles. The quantitative estimate of drug-likeness (QED) is 0.544. The normalized spacial score (nSPS) is 12.8. The third-order valence-corrected chi connectivity index (χ3v) is 5.94. The highest BCUT2D eigenvalue weighted by molar-refractivity contribution is 7.90. The van der Waals surface area contributed by atoms with E-state index in [0.29, 0.717) is 22.3 Å². The summed E-state index contributed by atoms with van der Waals surface area (Å²) in [5.74, 6) is -2.01. The van der Waals surface area contributed by atoms with E-state index in [-0.39, 0.29) is 22.8 Å². The minimum absolute atomic E-state index is 0.0599. The SMILES string of the molecule is C=C(NC(=O)C(=C)N1Cc2c(cccc2-c2cccc(S(C)(=O)=O)c2)C1=O)C(=O)OC. The fourth-order valence-corrected chi connectivity index (χ4v) is 3.89. The molecule has 0 spiro atoms. The van der Waals surface area contributed by atoms with Crippen LogP contribution in [-0.2, 0) is 30.7 Å². The number of rotatable bonds is 6. The van der Waals surface area contributed by atoms with Crippen LogP contribution in [0, 0.1) is 0 Å². The van der Waals surface area contributed by atoms with Crippen molar-refractivity contribution in [2.75, 3.05) is 13.4 Å². The van der Waals surface area contributed by atoms with Crippen molar-refractivity contribution in [3.63, 3.8) is 0 Å². The molecule has 1 aliphatic heterocycles. The minimum atomic E-state index is -3.40. The summed E-state index contributed by atoms with van der Waals surface area (Å²) in [4.78, 5) is 38.1. The number of fused-ring (bicyclic) bond motifs is 1. The van der Waals surface area contributed by atoms with Crippen molar-refractivity contribution in [3.8, 4) is 11.1 Å². The van der Waals surface area contributed by atoms with Gasteiger partial charge in [-0.05, 0) is 34.9 Å². The Labute approximate surface area is 179 Å². The van der Waals surface area contributed by atoms with E-state index in [9.17, 15) is 22.8 Å². The average molecular weight is 440 g/mol. The summed E-state index contributed by atoms with van der Waals surface area (Å²) in [6.07, 6.45) is 1.12. The number of hydrogen-bond acceptors (Lipinski definition) is 6. The molecule has 3 rings (SSSR count). The number of ether oxygens (including phenoxy) is 1. The first kappa shape index (κ1) is 22.0. The van der Waals surface area contributed by atoms with Crippen LogP contribution in [0.15, 0.2) is 71.9 Å². The molecule has 0 radical (unpaired) electrons.